The molecule has 3 heteroatoms. The zero-order valence-electron chi connectivity index (χ0n) is 11.0. The molecule has 0 spiro atoms. The molecule has 3 rings (SSSR count). The van der Waals surface area contributed by atoms with E-state index in [0.717, 1.165) is 0 Å². The summed E-state index contributed by atoms with van der Waals surface area (Å²) in [5.41, 5.74) is 2.69. The molecule has 1 aromatic heterocycles. The summed E-state index contributed by atoms with van der Waals surface area (Å²) in [6, 6.07) is 13.6. The summed E-state index contributed by atoms with van der Waals surface area (Å²) < 4.78 is 0. The Bertz CT molecular complexity index is 541. The molecule has 0 fully saturated rings. The Morgan fingerprint density at radius 2 is 2.16 bits per heavy atom. The highest BCUT2D eigenvalue weighted by atomic mass is 32.2. The third kappa shape index (κ3) is 2.82. The number of benzene rings is 1. The SMILES string of the molecule is C[C@H](NC1CCSc2ccccc21)c1cccnc1. The summed E-state index contributed by atoms with van der Waals surface area (Å²) in [4.78, 5) is 5.62. The number of nitrogens with zero attached hydrogens (tertiary/aromatic N) is 1. The molecule has 2 aromatic rings. The first-order valence-electron chi connectivity index (χ1n) is 6.72. The van der Waals surface area contributed by atoms with E-state index >= 15 is 0 Å². The van der Waals surface area contributed by atoms with E-state index in [1.165, 1.54) is 28.2 Å². The van der Waals surface area contributed by atoms with E-state index in [2.05, 4.69) is 47.6 Å². The predicted molar refractivity (Wildman–Crippen MR) is 80.3 cm³/mol. The maximum atomic E-state index is 4.20. The minimum Gasteiger partial charge on any atom is -0.303 e. The number of hydrogen-bond donors (Lipinski definition) is 1. The number of aromatic nitrogens is 1. The van der Waals surface area contributed by atoms with Gasteiger partial charge in [-0.1, -0.05) is 24.3 Å². The van der Waals surface area contributed by atoms with Crippen LogP contribution >= 0.6 is 11.8 Å². The molecule has 1 N–H and O–H groups in total. The molecule has 1 aliphatic rings. The average Bonchev–Trinajstić information content (AvgIpc) is 2.48. The fourth-order valence-corrected chi connectivity index (χ4v) is 3.67. The standard InChI is InChI=1S/C16H18N2S/c1-12(13-5-4-9-17-11-13)18-15-8-10-19-16-7-3-2-6-14(15)16/h2-7,9,11-12,15,18H,8,10H2,1H3/t12-,15?/m0/s1. The summed E-state index contributed by atoms with van der Waals surface area (Å²) in [5.74, 6) is 1.19. The molecule has 2 nitrogen and oxygen atoms in total. The fraction of sp³-hybridized carbons (Fsp3) is 0.312. The van der Waals surface area contributed by atoms with Gasteiger partial charge in [0.15, 0.2) is 0 Å². The van der Waals surface area contributed by atoms with Crippen molar-refractivity contribution in [1.82, 2.24) is 10.3 Å². The lowest BCUT2D eigenvalue weighted by molar-refractivity contribution is 0.449. The molecular weight excluding hydrogens is 252 g/mol. The van der Waals surface area contributed by atoms with Crippen LogP contribution in [-0.4, -0.2) is 10.7 Å². The summed E-state index contributed by atoms with van der Waals surface area (Å²) >= 11 is 1.96. The van der Waals surface area contributed by atoms with Crippen LogP contribution in [0.5, 0.6) is 0 Å². The molecule has 0 radical (unpaired) electrons. The second kappa shape index (κ2) is 5.76. The molecule has 0 saturated carbocycles. The third-order valence-corrected chi connectivity index (χ3v) is 4.72. The van der Waals surface area contributed by atoms with Gasteiger partial charge in [0.25, 0.3) is 0 Å². The summed E-state index contributed by atoms with van der Waals surface area (Å²) in [6.07, 6.45) is 4.95. The van der Waals surface area contributed by atoms with Gasteiger partial charge in [0.1, 0.15) is 0 Å². The number of hydrogen-bond acceptors (Lipinski definition) is 3. The normalized spacial score (nSPS) is 19.7. The second-order valence-electron chi connectivity index (χ2n) is 4.90. The lowest BCUT2D eigenvalue weighted by atomic mass is 10.0. The number of thioether (sulfide) groups is 1. The quantitative estimate of drug-likeness (QED) is 0.913. The van der Waals surface area contributed by atoms with Gasteiger partial charge in [0.05, 0.1) is 0 Å². The van der Waals surface area contributed by atoms with Crippen molar-refractivity contribution < 1.29 is 0 Å². The first-order chi connectivity index (χ1) is 9.34. The van der Waals surface area contributed by atoms with Gasteiger partial charge >= 0.3 is 0 Å². The number of pyridine rings is 1. The van der Waals surface area contributed by atoms with E-state index in [1.54, 1.807) is 0 Å². The van der Waals surface area contributed by atoms with E-state index in [9.17, 15) is 0 Å². The molecule has 1 aliphatic heterocycles. The van der Waals surface area contributed by atoms with Crippen molar-refractivity contribution in [2.75, 3.05) is 5.75 Å². The number of rotatable bonds is 3. The lowest BCUT2D eigenvalue weighted by Gasteiger charge is -2.29. The molecule has 2 atom stereocenters. The van der Waals surface area contributed by atoms with E-state index in [-0.39, 0.29) is 0 Å². The Morgan fingerprint density at radius 3 is 3.00 bits per heavy atom. The van der Waals surface area contributed by atoms with Crippen molar-refractivity contribution >= 4 is 11.8 Å². The van der Waals surface area contributed by atoms with Gasteiger partial charge in [0.2, 0.25) is 0 Å². The Morgan fingerprint density at radius 1 is 1.26 bits per heavy atom. The Hall–Kier alpha value is -1.32. The van der Waals surface area contributed by atoms with Crippen LogP contribution in [0.3, 0.4) is 0 Å². The zero-order chi connectivity index (χ0) is 13.1. The van der Waals surface area contributed by atoms with E-state index in [1.807, 2.05) is 30.2 Å². The van der Waals surface area contributed by atoms with Crippen LogP contribution in [-0.2, 0) is 0 Å². The first-order valence-corrected chi connectivity index (χ1v) is 7.71. The Kier molecular flexibility index (Phi) is 3.85. The highest BCUT2D eigenvalue weighted by Crippen LogP contribution is 2.36. The van der Waals surface area contributed by atoms with Gasteiger partial charge in [-0.05, 0) is 42.4 Å². The van der Waals surface area contributed by atoms with Gasteiger partial charge in [-0.2, -0.15) is 0 Å². The van der Waals surface area contributed by atoms with Crippen molar-refractivity contribution in [3.05, 3.63) is 59.9 Å². The zero-order valence-corrected chi connectivity index (χ0v) is 11.9. The fourth-order valence-electron chi connectivity index (χ4n) is 2.55. The van der Waals surface area contributed by atoms with Crippen LogP contribution < -0.4 is 5.32 Å². The van der Waals surface area contributed by atoms with Crippen LogP contribution in [0.1, 0.15) is 36.6 Å². The predicted octanol–water partition coefficient (Wildman–Crippen LogP) is 3.97. The summed E-state index contributed by atoms with van der Waals surface area (Å²) in [5, 5.41) is 3.74. The molecule has 19 heavy (non-hydrogen) atoms. The molecule has 0 bridgehead atoms. The van der Waals surface area contributed by atoms with E-state index in [0.29, 0.717) is 12.1 Å². The van der Waals surface area contributed by atoms with Gasteiger partial charge < -0.3 is 5.32 Å². The van der Waals surface area contributed by atoms with Crippen molar-refractivity contribution in [2.24, 2.45) is 0 Å². The monoisotopic (exact) mass is 270 g/mol. The number of nitrogens with one attached hydrogen (secondary N) is 1. The summed E-state index contributed by atoms with van der Waals surface area (Å²) in [6.45, 7) is 2.21. The van der Waals surface area contributed by atoms with Gasteiger partial charge in [-0.25, -0.2) is 0 Å². The molecule has 1 unspecified atom stereocenters. The highest BCUT2D eigenvalue weighted by molar-refractivity contribution is 7.99. The van der Waals surface area contributed by atoms with Crippen LogP contribution in [0.15, 0.2) is 53.7 Å². The summed E-state index contributed by atoms with van der Waals surface area (Å²) in [7, 11) is 0. The smallest absolute Gasteiger partial charge is 0.0344 e. The van der Waals surface area contributed by atoms with Crippen LogP contribution in [0.2, 0.25) is 0 Å². The molecular formula is C16H18N2S. The minimum absolute atomic E-state index is 0.329. The maximum absolute atomic E-state index is 4.20. The van der Waals surface area contributed by atoms with Crippen LogP contribution in [0.25, 0.3) is 0 Å². The van der Waals surface area contributed by atoms with E-state index < -0.39 is 0 Å². The van der Waals surface area contributed by atoms with Crippen LogP contribution in [0.4, 0.5) is 0 Å². The average molecular weight is 270 g/mol. The molecule has 0 amide bonds. The van der Waals surface area contributed by atoms with Gasteiger partial charge in [-0.15, -0.1) is 11.8 Å². The maximum Gasteiger partial charge on any atom is 0.0344 e. The van der Waals surface area contributed by atoms with Crippen molar-refractivity contribution in [3.8, 4) is 0 Å². The Labute approximate surface area is 118 Å². The lowest BCUT2D eigenvalue weighted by Crippen LogP contribution is -2.27. The molecule has 2 heterocycles. The van der Waals surface area contributed by atoms with Crippen molar-refractivity contribution in [2.45, 2.75) is 30.3 Å². The third-order valence-electron chi connectivity index (χ3n) is 3.59. The molecule has 98 valence electrons. The molecule has 0 aliphatic carbocycles. The second-order valence-corrected chi connectivity index (χ2v) is 6.04. The number of fused-ring (bicyclic) bond motifs is 1. The van der Waals surface area contributed by atoms with Crippen molar-refractivity contribution in [3.63, 3.8) is 0 Å². The topological polar surface area (TPSA) is 24.9 Å². The molecule has 0 saturated heterocycles. The van der Waals surface area contributed by atoms with Crippen LogP contribution in [0, 0.1) is 0 Å². The highest BCUT2D eigenvalue weighted by Gasteiger charge is 2.21. The largest absolute Gasteiger partial charge is 0.303 e. The van der Waals surface area contributed by atoms with Gasteiger partial charge in [-0.3, -0.25) is 4.98 Å². The van der Waals surface area contributed by atoms with Crippen molar-refractivity contribution in [1.29, 1.82) is 0 Å². The molecule has 1 aromatic carbocycles. The first kappa shape index (κ1) is 12.7. The van der Waals surface area contributed by atoms with E-state index in [4.69, 9.17) is 0 Å². The van der Waals surface area contributed by atoms with Gasteiger partial charge in [0, 0.05) is 29.4 Å². The minimum atomic E-state index is 0.329. The Balaban J connectivity index is 1.78.